The van der Waals surface area contributed by atoms with Gasteiger partial charge in [-0.3, -0.25) is 0 Å². The summed E-state index contributed by atoms with van der Waals surface area (Å²) < 4.78 is 18.5. The molecule has 0 aromatic heterocycles. The number of esters is 1. The number of halogens is 1. The van der Waals surface area contributed by atoms with Crippen LogP contribution in [0.4, 0.5) is 4.39 Å². The number of benzene rings is 1. The summed E-state index contributed by atoms with van der Waals surface area (Å²) in [6.45, 7) is 7.14. The molecule has 0 heterocycles. The molecular weight excluding hydrogens is 207 g/mol. The minimum atomic E-state index is -0.387. The number of hydrogen-bond acceptors (Lipinski definition) is 2. The molecule has 0 saturated heterocycles. The third kappa shape index (κ3) is 2.81. The van der Waals surface area contributed by atoms with Crippen LogP contribution >= 0.6 is 0 Å². The second-order valence-electron chi connectivity index (χ2n) is 4.07. The maximum absolute atomic E-state index is 13.4. The van der Waals surface area contributed by atoms with Gasteiger partial charge in [0.05, 0.1) is 11.7 Å². The summed E-state index contributed by atoms with van der Waals surface area (Å²) in [5.74, 6) is -0.650. The number of hydrogen-bond donors (Lipinski definition) is 0. The molecule has 0 saturated carbocycles. The Kier molecular flexibility index (Phi) is 4.05. The monoisotopic (exact) mass is 224 g/mol. The van der Waals surface area contributed by atoms with Crippen LogP contribution in [0.25, 0.3) is 0 Å². The minimum absolute atomic E-state index is 0.165. The van der Waals surface area contributed by atoms with E-state index in [1.807, 2.05) is 6.92 Å². The Balaban J connectivity index is 3.08. The van der Waals surface area contributed by atoms with Crippen molar-refractivity contribution < 1.29 is 13.9 Å². The lowest BCUT2D eigenvalue weighted by Crippen LogP contribution is -2.13. The first-order valence-electron chi connectivity index (χ1n) is 5.45. The molecule has 0 aliphatic carbocycles. The summed E-state index contributed by atoms with van der Waals surface area (Å²) in [6, 6.07) is 2.96. The van der Waals surface area contributed by atoms with Crippen molar-refractivity contribution in [3.8, 4) is 0 Å². The number of carbonyl (C=O) groups excluding carboxylic acids is 1. The van der Waals surface area contributed by atoms with Gasteiger partial charge in [0, 0.05) is 0 Å². The van der Waals surface area contributed by atoms with Crippen molar-refractivity contribution in [3.05, 3.63) is 34.6 Å². The molecule has 0 aliphatic rings. The van der Waals surface area contributed by atoms with Crippen LogP contribution in [0.3, 0.4) is 0 Å². The Morgan fingerprint density at radius 3 is 2.56 bits per heavy atom. The molecule has 0 amide bonds. The number of ether oxygens (including phenoxy) is 1. The van der Waals surface area contributed by atoms with Crippen LogP contribution in [0, 0.1) is 12.7 Å². The first-order chi connectivity index (χ1) is 7.45. The lowest BCUT2D eigenvalue weighted by Gasteiger charge is -2.11. The summed E-state index contributed by atoms with van der Waals surface area (Å²) in [5.41, 5.74) is 1.61. The van der Waals surface area contributed by atoms with Crippen LogP contribution in [-0.4, -0.2) is 12.1 Å². The zero-order valence-corrected chi connectivity index (χ0v) is 10.1. The molecule has 0 unspecified atom stereocenters. The Labute approximate surface area is 95.4 Å². The maximum atomic E-state index is 13.4. The van der Waals surface area contributed by atoms with Gasteiger partial charge in [-0.15, -0.1) is 0 Å². The molecule has 3 heteroatoms. The van der Waals surface area contributed by atoms with Crippen molar-refractivity contribution in [1.82, 2.24) is 0 Å². The Hall–Kier alpha value is -1.38. The molecule has 0 aliphatic heterocycles. The molecule has 0 spiro atoms. The largest absolute Gasteiger partial charge is 0.459 e. The standard InChI is InChI=1S/C13H17FO2/c1-5-10-7-11(9(4)6-12(10)14)13(15)16-8(2)3/h6-8H,5H2,1-4H3. The molecule has 2 nitrogen and oxygen atoms in total. The van der Waals surface area contributed by atoms with Crippen LogP contribution in [-0.2, 0) is 11.2 Å². The van der Waals surface area contributed by atoms with Crippen LogP contribution in [0.1, 0.15) is 42.3 Å². The van der Waals surface area contributed by atoms with Crippen molar-refractivity contribution >= 4 is 5.97 Å². The molecular formula is C13H17FO2. The fraction of sp³-hybridized carbons (Fsp3) is 0.462. The van der Waals surface area contributed by atoms with Gasteiger partial charge in [-0.25, -0.2) is 9.18 Å². The molecule has 88 valence electrons. The first-order valence-corrected chi connectivity index (χ1v) is 5.45. The van der Waals surface area contributed by atoms with Crippen molar-refractivity contribution in [2.24, 2.45) is 0 Å². The van der Waals surface area contributed by atoms with E-state index in [2.05, 4.69) is 0 Å². The molecule has 1 aromatic rings. The summed E-state index contributed by atoms with van der Waals surface area (Å²) in [7, 11) is 0. The van der Waals surface area contributed by atoms with Gasteiger partial charge in [0.1, 0.15) is 5.82 Å². The summed E-state index contributed by atoms with van der Waals surface area (Å²) in [5, 5.41) is 0. The van der Waals surface area contributed by atoms with Crippen LogP contribution < -0.4 is 0 Å². The van der Waals surface area contributed by atoms with E-state index in [0.717, 1.165) is 0 Å². The zero-order chi connectivity index (χ0) is 12.3. The van der Waals surface area contributed by atoms with E-state index in [1.165, 1.54) is 6.07 Å². The molecule has 1 rings (SSSR count). The van der Waals surface area contributed by atoms with Gasteiger partial charge in [-0.2, -0.15) is 0 Å². The number of rotatable bonds is 3. The Morgan fingerprint density at radius 1 is 1.44 bits per heavy atom. The maximum Gasteiger partial charge on any atom is 0.338 e. The lowest BCUT2D eigenvalue weighted by molar-refractivity contribution is 0.0377. The third-order valence-electron chi connectivity index (χ3n) is 2.34. The average Bonchev–Trinajstić information content (AvgIpc) is 2.16. The number of aryl methyl sites for hydroxylation is 2. The van der Waals surface area contributed by atoms with Gasteiger partial charge in [0.25, 0.3) is 0 Å². The normalized spacial score (nSPS) is 10.6. The molecule has 0 N–H and O–H groups in total. The molecule has 0 atom stereocenters. The van der Waals surface area contributed by atoms with E-state index in [4.69, 9.17) is 4.74 Å². The molecule has 1 aromatic carbocycles. The van der Waals surface area contributed by atoms with E-state index in [9.17, 15) is 9.18 Å². The summed E-state index contributed by atoms with van der Waals surface area (Å²) >= 11 is 0. The number of carbonyl (C=O) groups is 1. The molecule has 0 fully saturated rings. The second kappa shape index (κ2) is 5.10. The fourth-order valence-electron chi connectivity index (χ4n) is 1.49. The van der Waals surface area contributed by atoms with E-state index in [1.54, 1.807) is 26.8 Å². The minimum Gasteiger partial charge on any atom is -0.459 e. The van der Waals surface area contributed by atoms with Gasteiger partial charge >= 0.3 is 5.97 Å². The van der Waals surface area contributed by atoms with Gasteiger partial charge < -0.3 is 4.74 Å². The highest BCUT2D eigenvalue weighted by Crippen LogP contribution is 2.17. The fourth-order valence-corrected chi connectivity index (χ4v) is 1.49. The predicted octanol–water partition coefficient (Wildman–Crippen LogP) is 3.26. The highest BCUT2D eigenvalue weighted by atomic mass is 19.1. The first kappa shape index (κ1) is 12.7. The smallest absolute Gasteiger partial charge is 0.338 e. The van der Waals surface area contributed by atoms with Crippen molar-refractivity contribution in [2.45, 2.75) is 40.2 Å². The van der Waals surface area contributed by atoms with Gasteiger partial charge in [0.2, 0.25) is 0 Å². The van der Waals surface area contributed by atoms with E-state index in [0.29, 0.717) is 23.1 Å². The van der Waals surface area contributed by atoms with Gasteiger partial charge in [0.15, 0.2) is 0 Å². The van der Waals surface area contributed by atoms with Crippen molar-refractivity contribution in [3.63, 3.8) is 0 Å². The molecule has 0 radical (unpaired) electrons. The topological polar surface area (TPSA) is 26.3 Å². The molecule has 0 bridgehead atoms. The zero-order valence-electron chi connectivity index (χ0n) is 10.1. The SMILES string of the molecule is CCc1cc(C(=O)OC(C)C)c(C)cc1F. The Bertz CT molecular complexity index is 397. The summed E-state index contributed by atoms with van der Waals surface area (Å²) in [6.07, 6.45) is 0.399. The quantitative estimate of drug-likeness (QED) is 0.736. The van der Waals surface area contributed by atoms with E-state index < -0.39 is 0 Å². The lowest BCUT2D eigenvalue weighted by atomic mass is 10.0. The second-order valence-corrected chi connectivity index (χ2v) is 4.07. The Morgan fingerprint density at radius 2 is 2.06 bits per heavy atom. The average molecular weight is 224 g/mol. The van der Waals surface area contributed by atoms with Gasteiger partial charge in [-0.05, 0) is 50.5 Å². The van der Waals surface area contributed by atoms with Crippen LogP contribution in [0.5, 0.6) is 0 Å². The van der Waals surface area contributed by atoms with Crippen molar-refractivity contribution in [1.29, 1.82) is 0 Å². The van der Waals surface area contributed by atoms with E-state index in [-0.39, 0.29) is 17.9 Å². The van der Waals surface area contributed by atoms with Crippen LogP contribution in [0.15, 0.2) is 12.1 Å². The van der Waals surface area contributed by atoms with Crippen LogP contribution in [0.2, 0.25) is 0 Å². The predicted molar refractivity (Wildman–Crippen MR) is 61.1 cm³/mol. The van der Waals surface area contributed by atoms with Crippen molar-refractivity contribution in [2.75, 3.05) is 0 Å². The molecule has 16 heavy (non-hydrogen) atoms. The highest BCUT2D eigenvalue weighted by molar-refractivity contribution is 5.91. The van der Waals surface area contributed by atoms with E-state index >= 15 is 0 Å². The summed E-state index contributed by atoms with van der Waals surface area (Å²) in [4.78, 5) is 11.7. The van der Waals surface area contributed by atoms with Gasteiger partial charge in [-0.1, -0.05) is 6.92 Å². The highest BCUT2D eigenvalue weighted by Gasteiger charge is 2.14. The third-order valence-corrected chi connectivity index (χ3v) is 2.34.